The molecule has 3 heteroatoms. The van der Waals surface area contributed by atoms with Crippen molar-refractivity contribution in [2.24, 2.45) is 0 Å². The summed E-state index contributed by atoms with van der Waals surface area (Å²) in [7, 11) is 0. The second kappa shape index (κ2) is 4.94. The van der Waals surface area contributed by atoms with Crippen molar-refractivity contribution in [2.45, 2.75) is 6.54 Å². The molecule has 0 saturated heterocycles. The number of nitrogens with one attached hydrogen (secondary N) is 1. The van der Waals surface area contributed by atoms with Gasteiger partial charge in [-0.25, -0.2) is 0 Å². The van der Waals surface area contributed by atoms with E-state index >= 15 is 0 Å². The van der Waals surface area contributed by atoms with Gasteiger partial charge in [-0.3, -0.25) is 4.98 Å². The van der Waals surface area contributed by atoms with Gasteiger partial charge in [-0.15, -0.1) is 0 Å². The Bertz CT molecular complexity index is 429. The van der Waals surface area contributed by atoms with Gasteiger partial charge in [0.25, 0.3) is 0 Å². The third kappa shape index (κ3) is 3.06. The Morgan fingerprint density at radius 3 is 2.67 bits per heavy atom. The first-order valence-corrected chi connectivity index (χ1v) is 5.52. The fourth-order valence-electron chi connectivity index (χ4n) is 1.31. The lowest BCUT2D eigenvalue weighted by atomic mass is 10.2. The van der Waals surface area contributed by atoms with E-state index in [9.17, 15) is 0 Å². The number of halogens is 1. The molecule has 0 aliphatic rings. The summed E-state index contributed by atoms with van der Waals surface area (Å²) in [5.41, 5.74) is 2.28. The van der Waals surface area contributed by atoms with Crippen LogP contribution in [0.1, 0.15) is 5.56 Å². The van der Waals surface area contributed by atoms with Gasteiger partial charge in [0.15, 0.2) is 0 Å². The molecule has 1 aromatic carbocycles. The fourth-order valence-corrected chi connectivity index (χ4v) is 1.72. The molecule has 0 atom stereocenters. The van der Waals surface area contributed by atoms with E-state index in [1.807, 2.05) is 36.5 Å². The molecule has 0 amide bonds. The van der Waals surface area contributed by atoms with Crippen LogP contribution >= 0.6 is 15.9 Å². The van der Waals surface area contributed by atoms with Crippen LogP contribution in [0.15, 0.2) is 53.3 Å². The topological polar surface area (TPSA) is 24.9 Å². The van der Waals surface area contributed by atoms with Crippen molar-refractivity contribution in [1.29, 1.82) is 0 Å². The summed E-state index contributed by atoms with van der Waals surface area (Å²) >= 11 is 3.40. The Labute approximate surface area is 97.5 Å². The molecule has 0 aliphatic heterocycles. The summed E-state index contributed by atoms with van der Waals surface area (Å²) in [5.74, 6) is 0. The van der Waals surface area contributed by atoms with Gasteiger partial charge < -0.3 is 5.32 Å². The van der Waals surface area contributed by atoms with Crippen LogP contribution in [0.2, 0.25) is 0 Å². The van der Waals surface area contributed by atoms with E-state index in [-0.39, 0.29) is 0 Å². The quantitative estimate of drug-likeness (QED) is 0.917. The summed E-state index contributed by atoms with van der Waals surface area (Å²) in [6.45, 7) is 0.788. The van der Waals surface area contributed by atoms with Crippen molar-refractivity contribution >= 4 is 21.6 Å². The van der Waals surface area contributed by atoms with E-state index in [2.05, 4.69) is 32.3 Å². The Morgan fingerprint density at radius 2 is 1.93 bits per heavy atom. The molecule has 76 valence electrons. The second-order valence-corrected chi connectivity index (χ2v) is 4.15. The van der Waals surface area contributed by atoms with E-state index in [1.165, 1.54) is 0 Å². The van der Waals surface area contributed by atoms with Crippen LogP contribution in [0, 0.1) is 0 Å². The highest BCUT2D eigenvalue weighted by molar-refractivity contribution is 9.10. The number of pyridine rings is 1. The van der Waals surface area contributed by atoms with Crippen molar-refractivity contribution in [3.8, 4) is 0 Å². The first-order chi connectivity index (χ1) is 7.34. The number of rotatable bonds is 3. The predicted octanol–water partition coefficient (Wildman–Crippen LogP) is 3.46. The number of anilines is 1. The lowest BCUT2D eigenvalue weighted by molar-refractivity contribution is 1.11. The molecule has 1 heterocycles. The van der Waals surface area contributed by atoms with E-state index in [1.54, 1.807) is 6.20 Å². The zero-order valence-electron chi connectivity index (χ0n) is 8.15. The predicted molar refractivity (Wildman–Crippen MR) is 65.7 cm³/mol. The molecule has 0 aliphatic carbocycles. The summed E-state index contributed by atoms with van der Waals surface area (Å²) in [5, 5.41) is 3.33. The van der Waals surface area contributed by atoms with Crippen molar-refractivity contribution in [2.75, 3.05) is 5.32 Å². The smallest absolute Gasteiger partial charge is 0.0416 e. The highest BCUT2D eigenvalue weighted by atomic mass is 79.9. The van der Waals surface area contributed by atoms with Crippen molar-refractivity contribution < 1.29 is 0 Å². The highest BCUT2D eigenvalue weighted by Crippen LogP contribution is 2.12. The maximum absolute atomic E-state index is 4.11. The van der Waals surface area contributed by atoms with Crippen LogP contribution in [-0.2, 0) is 6.54 Å². The minimum Gasteiger partial charge on any atom is -0.381 e. The monoisotopic (exact) mass is 262 g/mol. The van der Waals surface area contributed by atoms with Crippen LogP contribution in [0.25, 0.3) is 0 Å². The van der Waals surface area contributed by atoms with Crippen molar-refractivity contribution in [1.82, 2.24) is 4.98 Å². The molecule has 0 bridgehead atoms. The van der Waals surface area contributed by atoms with Crippen LogP contribution in [0.5, 0.6) is 0 Å². The molecule has 15 heavy (non-hydrogen) atoms. The molecule has 2 aromatic rings. The Balaban J connectivity index is 1.99. The third-order valence-electron chi connectivity index (χ3n) is 2.03. The molecule has 2 rings (SSSR count). The normalized spacial score (nSPS) is 9.93. The molecule has 2 nitrogen and oxygen atoms in total. The molecule has 0 spiro atoms. The first-order valence-electron chi connectivity index (χ1n) is 4.73. The van der Waals surface area contributed by atoms with Gasteiger partial charge in [-0.2, -0.15) is 0 Å². The summed E-state index contributed by atoms with van der Waals surface area (Å²) < 4.78 is 1.01. The zero-order valence-corrected chi connectivity index (χ0v) is 9.74. The largest absolute Gasteiger partial charge is 0.381 e. The molecular formula is C12H11BrN2. The zero-order chi connectivity index (χ0) is 10.5. The second-order valence-electron chi connectivity index (χ2n) is 3.23. The lowest BCUT2D eigenvalue weighted by Crippen LogP contribution is -1.99. The van der Waals surface area contributed by atoms with Gasteiger partial charge >= 0.3 is 0 Å². The van der Waals surface area contributed by atoms with Gasteiger partial charge in [0, 0.05) is 29.1 Å². The van der Waals surface area contributed by atoms with Gasteiger partial charge in [-0.1, -0.05) is 18.2 Å². The Morgan fingerprint density at radius 1 is 1.13 bits per heavy atom. The van der Waals surface area contributed by atoms with Crippen LogP contribution < -0.4 is 5.32 Å². The van der Waals surface area contributed by atoms with Crippen molar-refractivity contribution in [3.63, 3.8) is 0 Å². The Kier molecular flexibility index (Phi) is 3.35. The lowest BCUT2D eigenvalue weighted by Gasteiger charge is -2.05. The van der Waals surface area contributed by atoms with E-state index in [0.717, 1.165) is 22.3 Å². The average Bonchev–Trinajstić information content (AvgIpc) is 2.28. The summed E-state index contributed by atoms with van der Waals surface area (Å²) in [6.07, 6.45) is 3.65. The van der Waals surface area contributed by atoms with Gasteiger partial charge in [0.05, 0.1) is 0 Å². The fraction of sp³-hybridized carbons (Fsp3) is 0.0833. The molecule has 1 N–H and O–H groups in total. The van der Waals surface area contributed by atoms with E-state index < -0.39 is 0 Å². The molecule has 0 fully saturated rings. The molecule has 0 saturated carbocycles. The maximum Gasteiger partial charge on any atom is 0.0416 e. The summed E-state index contributed by atoms with van der Waals surface area (Å²) in [4.78, 5) is 4.11. The number of hydrogen-bond acceptors (Lipinski definition) is 2. The molecule has 1 aromatic heterocycles. The average molecular weight is 263 g/mol. The number of para-hydroxylation sites is 1. The van der Waals surface area contributed by atoms with Gasteiger partial charge in [0.2, 0.25) is 0 Å². The number of aromatic nitrogens is 1. The molecule has 0 radical (unpaired) electrons. The minimum atomic E-state index is 0.788. The number of nitrogens with zero attached hydrogens (tertiary/aromatic N) is 1. The minimum absolute atomic E-state index is 0.788. The van der Waals surface area contributed by atoms with Crippen molar-refractivity contribution in [3.05, 3.63) is 58.8 Å². The maximum atomic E-state index is 4.11. The third-order valence-corrected chi connectivity index (χ3v) is 2.47. The van der Waals surface area contributed by atoms with E-state index in [4.69, 9.17) is 0 Å². The number of hydrogen-bond donors (Lipinski definition) is 1. The highest BCUT2D eigenvalue weighted by Gasteiger charge is 1.94. The first kappa shape index (κ1) is 10.2. The van der Waals surface area contributed by atoms with Gasteiger partial charge in [0.1, 0.15) is 0 Å². The summed E-state index contributed by atoms with van der Waals surface area (Å²) in [6, 6.07) is 12.2. The standard InChI is InChI=1S/C12H11BrN2/c13-11-6-10(7-14-9-11)8-15-12-4-2-1-3-5-12/h1-7,9,15H,8H2. The van der Waals surface area contributed by atoms with Gasteiger partial charge in [-0.05, 0) is 39.7 Å². The van der Waals surface area contributed by atoms with E-state index in [0.29, 0.717) is 0 Å². The van der Waals surface area contributed by atoms with Crippen LogP contribution in [0.3, 0.4) is 0 Å². The van der Waals surface area contributed by atoms with Crippen LogP contribution in [0.4, 0.5) is 5.69 Å². The SMILES string of the molecule is Brc1cncc(CNc2ccccc2)c1. The Hall–Kier alpha value is -1.35. The number of benzene rings is 1. The molecular weight excluding hydrogens is 252 g/mol. The van der Waals surface area contributed by atoms with Crippen LogP contribution in [-0.4, -0.2) is 4.98 Å². The molecule has 0 unspecified atom stereocenters.